The second kappa shape index (κ2) is 4.97. The lowest BCUT2D eigenvalue weighted by Gasteiger charge is -2.35. The van der Waals surface area contributed by atoms with E-state index in [1.54, 1.807) is 0 Å². The lowest BCUT2D eigenvalue weighted by molar-refractivity contribution is -0.119. The molecule has 2 heterocycles. The molecule has 3 unspecified atom stereocenters. The molecule has 1 N–H and O–H groups in total. The highest BCUT2D eigenvalue weighted by Gasteiger charge is 2.49. The normalized spacial score (nSPS) is 34.5. The number of nitrogens with one attached hydrogen (secondary N) is 1. The fourth-order valence-electron chi connectivity index (χ4n) is 3.50. The van der Waals surface area contributed by atoms with Gasteiger partial charge in [-0.3, -0.25) is 4.79 Å². The van der Waals surface area contributed by atoms with Crippen molar-refractivity contribution >= 4 is 5.91 Å². The molecule has 2 fully saturated rings. The van der Waals surface area contributed by atoms with Crippen molar-refractivity contribution in [3.63, 3.8) is 0 Å². The molecule has 0 aromatic heterocycles. The standard InChI is InChI=1S/C16H21NO2/c1-16(13-7-8-19-11-13)10-15(18)17-14(16)9-12-5-3-2-4-6-12/h2-6,13-14H,7-11H2,1H3,(H,17,18). The van der Waals surface area contributed by atoms with Crippen molar-refractivity contribution in [2.24, 2.45) is 11.3 Å². The Morgan fingerprint density at radius 2 is 2.16 bits per heavy atom. The van der Waals surface area contributed by atoms with Crippen LogP contribution in [0.2, 0.25) is 0 Å². The summed E-state index contributed by atoms with van der Waals surface area (Å²) in [6.45, 7) is 3.89. The van der Waals surface area contributed by atoms with Crippen molar-refractivity contribution in [3.05, 3.63) is 35.9 Å². The van der Waals surface area contributed by atoms with Gasteiger partial charge in [0.1, 0.15) is 0 Å². The molecule has 3 heteroatoms. The van der Waals surface area contributed by atoms with E-state index in [1.165, 1.54) is 5.56 Å². The van der Waals surface area contributed by atoms with Crippen molar-refractivity contribution in [2.75, 3.05) is 13.2 Å². The van der Waals surface area contributed by atoms with Crippen molar-refractivity contribution in [1.29, 1.82) is 0 Å². The quantitative estimate of drug-likeness (QED) is 0.903. The minimum atomic E-state index is 0.0312. The van der Waals surface area contributed by atoms with Crippen LogP contribution in [0.1, 0.15) is 25.3 Å². The van der Waals surface area contributed by atoms with E-state index in [2.05, 4.69) is 36.5 Å². The minimum absolute atomic E-state index is 0.0312. The van der Waals surface area contributed by atoms with E-state index in [4.69, 9.17) is 4.74 Å². The van der Waals surface area contributed by atoms with E-state index in [9.17, 15) is 4.79 Å². The minimum Gasteiger partial charge on any atom is -0.381 e. The molecule has 3 nitrogen and oxygen atoms in total. The zero-order valence-electron chi connectivity index (χ0n) is 11.4. The molecule has 3 rings (SSSR count). The van der Waals surface area contributed by atoms with Crippen LogP contribution in [0, 0.1) is 11.3 Å². The third-order valence-electron chi connectivity index (χ3n) is 4.82. The summed E-state index contributed by atoms with van der Waals surface area (Å²) < 4.78 is 5.53. The molecule has 102 valence electrons. The number of rotatable bonds is 3. The maximum atomic E-state index is 11.9. The van der Waals surface area contributed by atoms with Gasteiger partial charge in [0.15, 0.2) is 0 Å². The Balaban J connectivity index is 1.80. The van der Waals surface area contributed by atoms with Crippen LogP contribution in [0.15, 0.2) is 30.3 Å². The molecule has 2 aliphatic heterocycles. The fraction of sp³-hybridized carbons (Fsp3) is 0.562. The Labute approximate surface area is 114 Å². The predicted molar refractivity (Wildman–Crippen MR) is 73.7 cm³/mol. The molecule has 0 saturated carbocycles. The van der Waals surface area contributed by atoms with Gasteiger partial charge in [-0.2, -0.15) is 0 Å². The first-order chi connectivity index (χ1) is 9.18. The average molecular weight is 259 g/mol. The van der Waals surface area contributed by atoms with Crippen LogP contribution in [-0.2, 0) is 16.0 Å². The Morgan fingerprint density at radius 3 is 2.84 bits per heavy atom. The van der Waals surface area contributed by atoms with Crippen molar-refractivity contribution in [2.45, 2.75) is 32.2 Å². The molecule has 2 saturated heterocycles. The van der Waals surface area contributed by atoms with Crippen LogP contribution in [-0.4, -0.2) is 25.2 Å². The van der Waals surface area contributed by atoms with Crippen LogP contribution in [0.25, 0.3) is 0 Å². The van der Waals surface area contributed by atoms with Crippen molar-refractivity contribution in [1.82, 2.24) is 5.32 Å². The molecule has 0 radical (unpaired) electrons. The monoisotopic (exact) mass is 259 g/mol. The van der Waals surface area contributed by atoms with Gasteiger partial charge in [0.25, 0.3) is 0 Å². The number of hydrogen-bond donors (Lipinski definition) is 1. The maximum absolute atomic E-state index is 11.9. The van der Waals surface area contributed by atoms with Gasteiger partial charge in [0, 0.05) is 24.5 Å². The Hall–Kier alpha value is -1.35. The second-order valence-electron chi connectivity index (χ2n) is 6.05. The molecule has 1 amide bonds. The van der Waals surface area contributed by atoms with Gasteiger partial charge in [-0.15, -0.1) is 0 Å². The SMILES string of the molecule is CC1(C2CCOC2)CC(=O)NC1Cc1ccccc1. The summed E-state index contributed by atoms with van der Waals surface area (Å²) in [6, 6.07) is 10.6. The fourth-order valence-corrected chi connectivity index (χ4v) is 3.50. The van der Waals surface area contributed by atoms with Crippen molar-refractivity contribution in [3.8, 4) is 0 Å². The van der Waals surface area contributed by atoms with Gasteiger partial charge in [0.2, 0.25) is 5.91 Å². The van der Waals surface area contributed by atoms with Crippen LogP contribution in [0.4, 0.5) is 0 Å². The second-order valence-corrected chi connectivity index (χ2v) is 6.05. The molecule has 19 heavy (non-hydrogen) atoms. The largest absolute Gasteiger partial charge is 0.381 e. The van der Waals surface area contributed by atoms with Gasteiger partial charge >= 0.3 is 0 Å². The third-order valence-corrected chi connectivity index (χ3v) is 4.82. The number of carbonyl (C=O) groups is 1. The molecule has 2 aliphatic rings. The zero-order chi connectivity index (χ0) is 13.3. The number of benzene rings is 1. The van der Waals surface area contributed by atoms with E-state index >= 15 is 0 Å². The number of amides is 1. The lowest BCUT2D eigenvalue weighted by Crippen LogP contribution is -2.42. The van der Waals surface area contributed by atoms with Crippen molar-refractivity contribution < 1.29 is 9.53 Å². The van der Waals surface area contributed by atoms with E-state index in [0.29, 0.717) is 12.3 Å². The first kappa shape index (κ1) is 12.7. The number of hydrogen-bond acceptors (Lipinski definition) is 2. The zero-order valence-corrected chi connectivity index (χ0v) is 11.4. The smallest absolute Gasteiger partial charge is 0.220 e. The average Bonchev–Trinajstić information content (AvgIpc) is 3.01. The highest BCUT2D eigenvalue weighted by atomic mass is 16.5. The maximum Gasteiger partial charge on any atom is 0.220 e. The lowest BCUT2D eigenvalue weighted by atomic mass is 9.69. The molecule has 0 bridgehead atoms. The Kier molecular flexibility index (Phi) is 3.31. The van der Waals surface area contributed by atoms with Crippen LogP contribution < -0.4 is 5.32 Å². The van der Waals surface area contributed by atoms with E-state index in [-0.39, 0.29) is 17.4 Å². The predicted octanol–water partition coefficient (Wildman–Crippen LogP) is 2.16. The molecule has 3 atom stereocenters. The molecular formula is C16H21NO2. The summed E-state index contributed by atoms with van der Waals surface area (Å²) >= 11 is 0. The highest BCUT2D eigenvalue weighted by molar-refractivity contribution is 5.80. The summed E-state index contributed by atoms with van der Waals surface area (Å²) in [5.41, 5.74) is 1.32. The number of carbonyl (C=O) groups excluding carboxylic acids is 1. The van der Waals surface area contributed by atoms with Gasteiger partial charge in [-0.1, -0.05) is 37.3 Å². The van der Waals surface area contributed by atoms with Crippen LogP contribution in [0.3, 0.4) is 0 Å². The van der Waals surface area contributed by atoms with E-state index in [0.717, 1.165) is 26.1 Å². The third kappa shape index (κ3) is 2.39. The Morgan fingerprint density at radius 1 is 1.37 bits per heavy atom. The summed E-state index contributed by atoms with van der Waals surface area (Å²) in [4.78, 5) is 11.9. The molecule has 1 aromatic carbocycles. The van der Waals surface area contributed by atoms with Crippen LogP contribution in [0.5, 0.6) is 0 Å². The Bertz CT molecular complexity index is 453. The summed E-state index contributed by atoms with van der Waals surface area (Å²) in [5.74, 6) is 0.690. The van der Waals surface area contributed by atoms with Gasteiger partial charge in [-0.25, -0.2) is 0 Å². The molecule has 1 aromatic rings. The summed E-state index contributed by atoms with van der Waals surface area (Å²) in [5, 5.41) is 3.18. The molecule has 0 aliphatic carbocycles. The summed E-state index contributed by atoms with van der Waals surface area (Å²) in [6.07, 6.45) is 2.63. The van der Waals surface area contributed by atoms with Crippen LogP contribution >= 0.6 is 0 Å². The first-order valence-electron chi connectivity index (χ1n) is 7.09. The van der Waals surface area contributed by atoms with Gasteiger partial charge in [0.05, 0.1) is 6.61 Å². The van der Waals surface area contributed by atoms with Gasteiger partial charge < -0.3 is 10.1 Å². The van der Waals surface area contributed by atoms with E-state index in [1.807, 2.05) is 6.07 Å². The summed E-state index contributed by atoms with van der Waals surface area (Å²) in [7, 11) is 0. The molecule has 0 spiro atoms. The number of ether oxygens (including phenoxy) is 1. The molecular weight excluding hydrogens is 238 g/mol. The topological polar surface area (TPSA) is 38.3 Å². The first-order valence-corrected chi connectivity index (χ1v) is 7.09. The van der Waals surface area contributed by atoms with E-state index < -0.39 is 0 Å². The highest BCUT2D eigenvalue weighted by Crippen LogP contribution is 2.43. The van der Waals surface area contributed by atoms with Gasteiger partial charge in [-0.05, 0) is 24.3 Å².